The molecule has 3 heteroatoms. The minimum absolute atomic E-state index is 0.371. The van der Waals surface area contributed by atoms with Crippen LogP contribution in [0.3, 0.4) is 0 Å². The quantitative estimate of drug-likeness (QED) is 0.607. The number of aromatic nitrogens is 1. The van der Waals surface area contributed by atoms with Gasteiger partial charge in [-0.15, -0.1) is 11.6 Å². The maximum absolute atomic E-state index is 6.08. The van der Waals surface area contributed by atoms with Crippen LogP contribution in [0.1, 0.15) is 18.2 Å². The van der Waals surface area contributed by atoms with Gasteiger partial charge in [-0.05, 0) is 36.2 Å². The summed E-state index contributed by atoms with van der Waals surface area (Å²) in [4.78, 5) is 4.52. The van der Waals surface area contributed by atoms with Crippen molar-refractivity contribution in [3.8, 4) is 11.5 Å². The molecule has 0 radical (unpaired) electrons. The van der Waals surface area contributed by atoms with Gasteiger partial charge in [0.15, 0.2) is 0 Å². The molecule has 0 amide bonds. The molecule has 0 N–H and O–H groups in total. The van der Waals surface area contributed by atoms with Crippen molar-refractivity contribution in [2.45, 2.75) is 19.2 Å². The van der Waals surface area contributed by atoms with Crippen LogP contribution >= 0.6 is 11.6 Å². The summed E-state index contributed by atoms with van der Waals surface area (Å²) in [5.74, 6) is 2.01. The zero-order chi connectivity index (χ0) is 14.7. The lowest BCUT2D eigenvalue weighted by atomic mass is 10.1. The van der Waals surface area contributed by atoms with Crippen molar-refractivity contribution in [2.75, 3.05) is 0 Å². The first-order valence-corrected chi connectivity index (χ1v) is 7.55. The lowest BCUT2D eigenvalue weighted by Crippen LogP contribution is -1.92. The third-order valence-electron chi connectivity index (χ3n) is 3.40. The monoisotopic (exact) mass is 297 g/mol. The molecule has 3 rings (SSSR count). The number of rotatable bonds is 4. The van der Waals surface area contributed by atoms with Crippen LogP contribution in [-0.2, 0) is 12.3 Å². The molecular weight excluding hydrogens is 282 g/mol. The van der Waals surface area contributed by atoms with Crippen LogP contribution in [-0.4, -0.2) is 4.98 Å². The highest BCUT2D eigenvalue weighted by Gasteiger charge is 2.07. The predicted octanol–water partition coefficient (Wildman–Crippen LogP) is 5.33. The van der Waals surface area contributed by atoms with Gasteiger partial charge in [-0.2, -0.15) is 0 Å². The molecule has 1 heterocycles. The molecular formula is C18H16ClNO. The van der Waals surface area contributed by atoms with Gasteiger partial charge in [-0.1, -0.05) is 31.2 Å². The second-order valence-corrected chi connectivity index (χ2v) is 5.13. The van der Waals surface area contributed by atoms with Crippen LogP contribution < -0.4 is 4.74 Å². The Morgan fingerprint density at radius 1 is 1.05 bits per heavy atom. The van der Waals surface area contributed by atoms with E-state index in [1.54, 1.807) is 0 Å². The summed E-state index contributed by atoms with van der Waals surface area (Å²) in [5.41, 5.74) is 2.97. The Labute approximate surface area is 129 Å². The van der Waals surface area contributed by atoms with Crippen molar-refractivity contribution in [1.82, 2.24) is 4.98 Å². The predicted molar refractivity (Wildman–Crippen MR) is 87.2 cm³/mol. The molecule has 0 fully saturated rings. The molecule has 0 aliphatic heterocycles. The zero-order valence-electron chi connectivity index (χ0n) is 11.8. The first kappa shape index (κ1) is 13.9. The fraction of sp³-hybridized carbons (Fsp3) is 0.167. The summed E-state index contributed by atoms with van der Waals surface area (Å²) in [6.07, 6.45) is 0.987. The third-order valence-corrected chi connectivity index (χ3v) is 3.68. The number of benzene rings is 2. The van der Waals surface area contributed by atoms with Gasteiger partial charge in [0.2, 0.25) is 0 Å². The minimum Gasteiger partial charge on any atom is -0.457 e. The van der Waals surface area contributed by atoms with Gasteiger partial charge in [0, 0.05) is 11.5 Å². The number of hydrogen-bond acceptors (Lipinski definition) is 2. The van der Waals surface area contributed by atoms with Gasteiger partial charge in [0.25, 0.3) is 0 Å². The normalized spacial score (nSPS) is 10.8. The van der Waals surface area contributed by atoms with E-state index in [2.05, 4.69) is 24.0 Å². The van der Waals surface area contributed by atoms with E-state index in [0.717, 1.165) is 34.5 Å². The first-order valence-electron chi connectivity index (χ1n) is 7.01. The fourth-order valence-electron chi connectivity index (χ4n) is 2.30. The number of ether oxygens (including phenoxy) is 1. The van der Waals surface area contributed by atoms with Crippen LogP contribution in [0.4, 0.5) is 0 Å². The summed E-state index contributed by atoms with van der Waals surface area (Å²) in [7, 11) is 0. The number of pyridine rings is 1. The van der Waals surface area contributed by atoms with E-state index in [9.17, 15) is 0 Å². The molecule has 0 aliphatic carbocycles. The van der Waals surface area contributed by atoms with Gasteiger partial charge in [-0.3, -0.25) is 4.98 Å². The molecule has 0 atom stereocenters. The lowest BCUT2D eigenvalue weighted by molar-refractivity contribution is 0.486. The molecule has 2 aromatic carbocycles. The molecule has 21 heavy (non-hydrogen) atoms. The van der Waals surface area contributed by atoms with E-state index in [1.807, 2.05) is 42.5 Å². The van der Waals surface area contributed by atoms with E-state index < -0.39 is 0 Å². The van der Waals surface area contributed by atoms with Crippen LogP contribution in [0.2, 0.25) is 0 Å². The highest BCUT2D eigenvalue weighted by Crippen LogP contribution is 2.30. The number of para-hydroxylation sites is 1. The second kappa shape index (κ2) is 6.15. The van der Waals surface area contributed by atoms with Gasteiger partial charge >= 0.3 is 0 Å². The smallest absolute Gasteiger partial charge is 0.138 e. The topological polar surface area (TPSA) is 22.1 Å². The molecule has 0 bridgehead atoms. The van der Waals surface area contributed by atoms with Crippen molar-refractivity contribution in [3.63, 3.8) is 0 Å². The lowest BCUT2D eigenvalue weighted by Gasteiger charge is -2.11. The van der Waals surface area contributed by atoms with Crippen LogP contribution in [0.15, 0.2) is 54.6 Å². The Balaban J connectivity index is 2.06. The number of fused-ring (bicyclic) bond motifs is 1. The largest absolute Gasteiger partial charge is 0.457 e. The molecule has 1 aromatic heterocycles. The van der Waals surface area contributed by atoms with Crippen LogP contribution in [0.25, 0.3) is 10.9 Å². The highest BCUT2D eigenvalue weighted by molar-refractivity contribution is 6.17. The number of aryl methyl sites for hydroxylation is 1. The fourth-order valence-corrected chi connectivity index (χ4v) is 2.44. The van der Waals surface area contributed by atoms with Gasteiger partial charge in [0.1, 0.15) is 11.5 Å². The maximum atomic E-state index is 6.08. The summed E-state index contributed by atoms with van der Waals surface area (Å²) in [5, 5.41) is 0.994. The molecule has 0 saturated heterocycles. The standard InChI is InChI=1S/C18H16ClNO/c1-2-13-6-5-7-15(10-13)21-18-11-14(12-19)20-17-9-4-3-8-16(17)18/h3-11H,2,12H2,1H3. The average Bonchev–Trinajstić information content (AvgIpc) is 2.55. The molecule has 3 aromatic rings. The molecule has 0 unspecified atom stereocenters. The first-order chi connectivity index (χ1) is 10.3. The number of nitrogens with zero attached hydrogens (tertiary/aromatic N) is 1. The average molecular weight is 298 g/mol. The second-order valence-electron chi connectivity index (χ2n) is 4.87. The number of halogens is 1. The van der Waals surface area contributed by atoms with Crippen LogP contribution in [0.5, 0.6) is 11.5 Å². The number of alkyl halides is 1. The SMILES string of the molecule is CCc1cccc(Oc2cc(CCl)nc3ccccc23)c1. The molecule has 0 spiro atoms. The van der Waals surface area contributed by atoms with Crippen molar-refractivity contribution < 1.29 is 4.74 Å². The number of hydrogen-bond donors (Lipinski definition) is 0. The molecule has 2 nitrogen and oxygen atoms in total. The van der Waals surface area contributed by atoms with Crippen LogP contribution in [0, 0.1) is 0 Å². The van der Waals surface area contributed by atoms with E-state index in [-0.39, 0.29) is 0 Å². The molecule has 106 valence electrons. The molecule has 0 aliphatic rings. The summed E-state index contributed by atoms with van der Waals surface area (Å²) < 4.78 is 6.08. The van der Waals surface area contributed by atoms with Crippen molar-refractivity contribution in [1.29, 1.82) is 0 Å². The highest BCUT2D eigenvalue weighted by atomic mass is 35.5. The Hall–Kier alpha value is -2.06. The van der Waals surface area contributed by atoms with Crippen molar-refractivity contribution in [2.24, 2.45) is 0 Å². The Kier molecular flexibility index (Phi) is 4.07. The third kappa shape index (κ3) is 3.01. The molecule has 0 saturated carbocycles. The van der Waals surface area contributed by atoms with Crippen molar-refractivity contribution in [3.05, 3.63) is 65.9 Å². The minimum atomic E-state index is 0.371. The van der Waals surface area contributed by atoms with Gasteiger partial charge < -0.3 is 4.74 Å². The summed E-state index contributed by atoms with van der Waals surface area (Å²) in [6.45, 7) is 2.13. The van der Waals surface area contributed by atoms with E-state index in [1.165, 1.54) is 5.56 Å². The van der Waals surface area contributed by atoms with Crippen molar-refractivity contribution >= 4 is 22.5 Å². The van der Waals surface area contributed by atoms with Gasteiger partial charge in [-0.25, -0.2) is 0 Å². The van der Waals surface area contributed by atoms with E-state index in [4.69, 9.17) is 16.3 Å². The summed E-state index contributed by atoms with van der Waals surface area (Å²) >= 11 is 5.93. The Bertz CT molecular complexity index is 770. The Morgan fingerprint density at radius 2 is 1.90 bits per heavy atom. The van der Waals surface area contributed by atoms with Gasteiger partial charge in [0.05, 0.1) is 17.1 Å². The maximum Gasteiger partial charge on any atom is 0.138 e. The Morgan fingerprint density at radius 3 is 2.71 bits per heavy atom. The summed E-state index contributed by atoms with van der Waals surface area (Å²) in [6, 6.07) is 18.0. The van der Waals surface area contributed by atoms with E-state index >= 15 is 0 Å². The van der Waals surface area contributed by atoms with E-state index in [0.29, 0.717) is 5.88 Å². The zero-order valence-corrected chi connectivity index (χ0v) is 12.6.